The molecule has 0 radical (unpaired) electrons. The van der Waals surface area contributed by atoms with Gasteiger partial charge in [0.1, 0.15) is 0 Å². The number of likely N-dealkylation sites (tertiary alicyclic amines) is 1. The highest BCUT2D eigenvalue weighted by Crippen LogP contribution is 2.37. The second-order valence-corrected chi connectivity index (χ2v) is 6.77. The van der Waals surface area contributed by atoms with Gasteiger partial charge < -0.3 is 4.90 Å². The number of nitrogens with zero attached hydrogens (tertiary/aromatic N) is 1. The Morgan fingerprint density at radius 1 is 0.821 bits per heavy atom. The quantitative estimate of drug-likeness (QED) is 0.588. The van der Waals surface area contributed by atoms with Gasteiger partial charge in [-0.3, -0.25) is 4.79 Å². The fraction of sp³-hybridized carbons (Fsp3) is 0.350. The number of hydrogen-bond donors (Lipinski definition) is 0. The summed E-state index contributed by atoms with van der Waals surface area (Å²) in [5, 5.41) is 0. The molecule has 8 heteroatoms. The molecule has 0 N–H and O–H groups in total. The topological polar surface area (TPSA) is 20.3 Å². The van der Waals surface area contributed by atoms with E-state index in [0.29, 0.717) is 25.0 Å². The zero-order valence-electron chi connectivity index (χ0n) is 14.6. The van der Waals surface area contributed by atoms with Crippen molar-refractivity contribution in [2.24, 2.45) is 0 Å². The molecule has 0 aromatic heterocycles. The summed E-state index contributed by atoms with van der Waals surface area (Å²) in [5.74, 6) is -0.611. The summed E-state index contributed by atoms with van der Waals surface area (Å²) in [6.45, 7) is 0.548. The first-order valence-electron chi connectivity index (χ1n) is 8.69. The van der Waals surface area contributed by atoms with E-state index in [4.69, 9.17) is 0 Å². The molecule has 0 unspecified atom stereocenters. The Hall–Kier alpha value is -2.51. The van der Waals surface area contributed by atoms with Gasteiger partial charge in [0.05, 0.1) is 11.1 Å². The summed E-state index contributed by atoms with van der Waals surface area (Å²) in [6.07, 6.45) is -8.76. The van der Waals surface area contributed by atoms with Crippen LogP contribution in [0.4, 0.5) is 26.3 Å². The third kappa shape index (κ3) is 4.48. The molecular formula is C20H17F6NO. The van der Waals surface area contributed by atoms with Gasteiger partial charge in [-0.15, -0.1) is 0 Å². The fourth-order valence-corrected chi connectivity index (χ4v) is 3.40. The van der Waals surface area contributed by atoms with Crippen LogP contribution in [0.1, 0.15) is 45.8 Å². The molecule has 1 heterocycles. The van der Waals surface area contributed by atoms with Crippen molar-refractivity contribution in [3.8, 4) is 0 Å². The Bertz CT molecular complexity index is 804. The molecule has 1 saturated heterocycles. The van der Waals surface area contributed by atoms with Crippen molar-refractivity contribution in [3.05, 3.63) is 70.8 Å². The van der Waals surface area contributed by atoms with E-state index in [1.807, 2.05) is 30.3 Å². The van der Waals surface area contributed by atoms with Gasteiger partial charge in [0.25, 0.3) is 5.91 Å². The van der Waals surface area contributed by atoms with E-state index in [1.54, 1.807) is 0 Å². The minimum absolute atomic E-state index is 0.0262. The number of carbonyl (C=O) groups excluding carboxylic acids is 1. The van der Waals surface area contributed by atoms with Crippen LogP contribution in [0.25, 0.3) is 0 Å². The Morgan fingerprint density at radius 2 is 1.32 bits per heavy atom. The summed E-state index contributed by atoms with van der Waals surface area (Å²) in [7, 11) is 0. The van der Waals surface area contributed by atoms with Crippen LogP contribution in [0.3, 0.4) is 0 Å². The number of benzene rings is 2. The van der Waals surface area contributed by atoms with Crippen LogP contribution in [0.15, 0.2) is 48.5 Å². The lowest BCUT2D eigenvalue weighted by molar-refractivity contribution is -0.143. The van der Waals surface area contributed by atoms with Gasteiger partial charge in [0.2, 0.25) is 0 Å². The zero-order chi connectivity index (χ0) is 20.5. The maximum Gasteiger partial charge on any atom is 0.416 e. The summed E-state index contributed by atoms with van der Waals surface area (Å²) in [6, 6.07) is 10.6. The molecule has 2 aromatic rings. The number of halogens is 6. The molecule has 1 aliphatic heterocycles. The van der Waals surface area contributed by atoms with E-state index in [9.17, 15) is 31.1 Å². The average molecular weight is 401 g/mol. The molecule has 0 spiro atoms. The number of carbonyl (C=O) groups is 1. The zero-order valence-corrected chi connectivity index (χ0v) is 14.6. The Labute approximate surface area is 157 Å². The Balaban J connectivity index is 1.81. The summed E-state index contributed by atoms with van der Waals surface area (Å²) in [4.78, 5) is 13.9. The average Bonchev–Trinajstić information content (AvgIpc) is 2.66. The van der Waals surface area contributed by atoms with E-state index in [-0.39, 0.29) is 25.1 Å². The van der Waals surface area contributed by atoms with Crippen LogP contribution in [-0.2, 0) is 12.4 Å². The molecule has 2 aromatic carbocycles. The molecule has 0 saturated carbocycles. The highest BCUT2D eigenvalue weighted by Gasteiger charge is 2.38. The van der Waals surface area contributed by atoms with Crippen LogP contribution in [0.5, 0.6) is 0 Å². The second kappa shape index (κ2) is 7.48. The molecule has 0 atom stereocenters. The van der Waals surface area contributed by atoms with Gasteiger partial charge in [-0.1, -0.05) is 30.3 Å². The molecule has 28 heavy (non-hydrogen) atoms. The van der Waals surface area contributed by atoms with Crippen molar-refractivity contribution in [1.29, 1.82) is 0 Å². The molecule has 1 aliphatic rings. The van der Waals surface area contributed by atoms with Gasteiger partial charge in [0, 0.05) is 18.7 Å². The largest absolute Gasteiger partial charge is 0.416 e. The summed E-state index contributed by atoms with van der Waals surface area (Å²) >= 11 is 0. The van der Waals surface area contributed by atoms with Crippen LogP contribution in [0, 0.1) is 0 Å². The van der Waals surface area contributed by atoms with Gasteiger partial charge in [0.15, 0.2) is 0 Å². The normalized spacial score (nSPS) is 16.3. The number of amides is 1. The minimum atomic E-state index is -4.98. The van der Waals surface area contributed by atoms with Crippen molar-refractivity contribution in [2.75, 3.05) is 13.1 Å². The third-order valence-electron chi connectivity index (χ3n) is 4.89. The number of piperidine rings is 1. The lowest BCUT2D eigenvalue weighted by Gasteiger charge is -2.32. The second-order valence-electron chi connectivity index (χ2n) is 6.77. The molecule has 1 fully saturated rings. The molecule has 1 amide bonds. The van der Waals surface area contributed by atoms with E-state index < -0.39 is 35.0 Å². The van der Waals surface area contributed by atoms with Crippen molar-refractivity contribution in [1.82, 2.24) is 4.90 Å². The number of hydrogen-bond acceptors (Lipinski definition) is 1. The molecule has 0 aliphatic carbocycles. The third-order valence-corrected chi connectivity index (χ3v) is 4.89. The summed E-state index contributed by atoms with van der Waals surface area (Å²) in [5.41, 5.74) is -2.46. The molecule has 0 bridgehead atoms. The van der Waals surface area contributed by atoms with Crippen molar-refractivity contribution in [3.63, 3.8) is 0 Å². The predicted octanol–water partition coefficient (Wildman–Crippen LogP) is 5.74. The van der Waals surface area contributed by atoms with Crippen LogP contribution in [0.2, 0.25) is 0 Å². The maximum absolute atomic E-state index is 13.0. The first kappa shape index (κ1) is 20.2. The predicted molar refractivity (Wildman–Crippen MR) is 90.8 cm³/mol. The van der Waals surface area contributed by atoms with Crippen LogP contribution < -0.4 is 0 Å². The highest BCUT2D eigenvalue weighted by molar-refractivity contribution is 5.94. The first-order chi connectivity index (χ1) is 13.1. The fourth-order valence-electron chi connectivity index (χ4n) is 3.40. The smallest absolute Gasteiger partial charge is 0.339 e. The SMILES string of the molecule is O=C(c1cc(C(F)(F)F)cc(C(F)(F)F)c1)N1CCC(c2ccccc2)CC1. The number of alkyl halides is 6. The standard InChI is InChI=1S/C20H17F6NO/c21-19(22,23)16-10-15(11-17(12-16)20(24,25)26)18(28)27-8-6-14(7-9-27)13-4-2-1-3-5-13/h1-5,10-12,14H,6-9H2. The van der Waals surface area contributed by atoms with E-state index in [1.165, 1.54) is 4.90 Å². The Morgan fingerprint density at radius 3 is 1.79 bits per heavy atom. The van der Waals surface area contributed by atoms with E-state index >= 15 is 0 Å². The summed E-state index contributed by atoms with van der Waals surface area (Å²) < 4.78 is 77.9. The van der Waals surface area contributed by atoms with E-state index in [2.05, 4.69) is 0 Å². The highest BCUT2D eigenvalue weighted by atomic mass is 19.4. The first-order valence-corrected chi connectivity index (χ1v) is 8.69. The van der Waals surface area contributed by atoms with Crippen molar-refractivity contribution < 1.29 is 31.1 Å². The lowest BCUT2D eigenvalue weighted by Crippen LogP contribution is -2.38. The lowest BCUT2D eigenvalue weighted by atomic mass is 9.89. The van der Waals surface area contributed by atoms with Gasteiger partial charge in [-0.2, -0.15) is 26.3 Å². The molecule has 3 rings (SSSR count). The van der Waals surface area contributed by atoms with E-state index in [0.717, 1.165) is 5.56 Å². The van der Waals surface area contributed by atoms with Crippen molar-refractivity contribution >= 4 is 5.91 Å². The Kier molecular flexibility index (Phi) is 5.41. The van der Waals surface area contributed by atoms with Gasteiger partial charge in [-0.05, 0) is 42.5 Å². The maximum atomic E-state index is 13.0. The van der Waals surface area contributed by atoms with Crippen molar-refractivity contribution in [2.45, 2.75) is 31.1 Å². The van der Waals surface area contributed by atoms with Crippen LogP contribution in [-0.4, -0.2) is 23.9 Å². The van der Waals surface area contributed by atoms with Gasteiger partial charge in [-0.25, -0.2) is 0 Å². The molecule has 2 nitrogen and oxygen atoms in total. The number of rotatable bonds is 2. The minimum Gasteiger partial charge on any atom is -0.339 e. The monoisotopic (exact) mass is 401 g/mol. The van der Waals surface area contributed by atoms with Gasteiger partial charge >= 0.3 is 12.4 Å². The molecule has 150 valence electrons. The molecular weight excluding hydrogens is 384 g/mol. The van der Waals surface area contributed by atoms with Crippen LogP contribution >= 0.6 is 0 Å².